The third-order valence-electron chi connectivity index (χ3n) is 7.16. The third-order valence-corrected chi connectivity index (χ3v) is 8.35. The second kappa shape index (κ2) is 14.4. The fourth-order valence-electron chi connectivity index (χ4n) is 5.01. The number of aryl methyl sites for hydroxylation is 2. The predicted octanol–water partition coefficient (Wildman–Crippen LogP) is 7.14. The van der Waals surface area contributed by atoms with Crippen LogP contribution in [-0.4, -0.2) is 34.9 Å². The standard InChI is InChI=1S/C35H37N7S/c1-24(36)41-14-4-8-25-6-2-10-27(16-25)29-18-31(22-39-20-29)33-12-13-34(43-33)32-19-30(21-40-23-32)28-11-3-7-26(17-28)9-5-15-42-35(37)38/h2-3,6-7,10-13,16-23H,4-5,8-9,14-15H2,1H3,(H2,36,41)(H4,37,38,42). The molecule has 8 heteroatoms. The number of nitrogens with zero attached hydrogens (tertiary/aromatic N) is 2. The number of aromatic nitrogens is 2. The molecule has 0 bridgehead atoms. The first kappa shape index (κ1) is 29.7. The van der Waals surface area contributed by atoms with Crippen LogP contribution in [0.3, 0.4) is 0 Å². The van der Waals surface area contributed by atoms with Crippen LogP contribution in [0.5, 0.6) is 0 Å². The second-order valence-electron chi connectivity index (χ2n) is 10.6. The quantitative estimate of drug-likeness (QED) is 0.0603. The number of rotatable bonds is 12. The zero-order valence-corrected chi connectivity index (χ0v) is 25.2. The summed E-state index contributed by atoms with van der Waals surface area (Å²) in [6.45, 7) is 3.27. The molecule has 0 aliphatic rings. The van der Waals surface area contributed by atoms with Crippen LogP contribution >= 0.6 is 11.3 Å². The Morgan fingerprint density at radius 3 is 1.63 bits per heavy atom. The van der Waals surface area contributed by atoms with E-state index >= 15 is 0 Å². The monoisotopic (exact) mass is 587 g/mol. The number of hydrogen-bond acceptors (Lipinski definition) is 5. The molecule has 0 fully saturated rings. The molecule has 5 rings (SSSR count). The summed E-state index contributed by atoms with van der Waals surface area (Å²) in [7, 11) is 0. The Morgan fingerprint density at radius 1 is 0.651 bits per heavy atom. The average Bonchev–Trinajstić information content (AvgIpc) is 3.53. The normalized spacial score (nSPS) is 10.8. The van der Waals surface area contributed by atoms with Crippen LogP contribution in [0, 0.1) is 10.8 Å². The highest BCUT2D eigenvalue weighted by atomic mass is 32.1. The van der Waals surface area contributed by atoms with Gasteiger partial charge in [-0.05, 0) is 79.1 Å². The Balaban J connectivity index is 1.29. The van der Waals surface area contributed by atoms with Gasteiger partial charge in [0.25, 0.3) is 0 Å². The number of nitrogens with one attached hydrogen (secondary N) is 4. The summed E-state index contributed by atoms with van der Waals surface area (Å²) in [6.07, 6.45) is 11.5. The number of amidine groups is 1. The van der Waals surface area contributed by atoms with E-state index in [4.69, 9.17) is 16.6 Å². The second-order valence-corrected chi connectivity index (χ2v) is 11.7. The Morgan fingerprint density at radius 2 is 1.14 bits per heavy atom. The van der Waals surface area contributed by atoms with Crippen molar-refractivity contribution in [1.29, 1.82) is 10.8 Å². The number of thiophene rings is 1. The van der Waals surface area contributed by atoms with Crippen molar-refractivity contribution in [1.82, 2.24) is 20.6 Å². The summed E-state index contributed by atoms with van der Waals surface area (Å²) in [5.41, 5.74) is 14.6. The molecule has 0 radical (unpaired) electrons. The molecule has 0 spiro atoms. The molecule has 0 aliphatic carbocycles. The van der Waals surface area contributed by atoms with E-state index in [-0.39, 0.29) is 5.96 Å². The van der Waals surface area contributed by atoms with Crippen molar-refractivity contribution in [2.45, 2.75) is 32.6 Å². The number of hydrogen-bond donors (Lipinski definition) is 5. The Bertz CT molecular complexity index is 1580. The first-order valence-electron chi connectivity index (χ1n) is 14.5. The molecule has 6 N–H and O–H groups in total. The van der Waals surface area contributed by atoms with Gasteiger partial charge < -0.3 is 16.4 Å². The lowest BCUT2D eigenvalue weighted by molar-refractivity contribution is 0.767. The highest BCUT2D eigenvalue weighted by molar-refractivity contribution is 7.18. The van der Waals surface area contributed by atoms with Gasteiger partial charge in [-0.2, -0.15) is 0 Å². The van der Waals surface area contributed by atoms with Crippen molar-refractivity contribution in [3.63, 3.8) is 0 Å². The molecule has 0 amide bonds. The lowest BCUT2D eigenvalue weighted by atomic mass is 10.0. The van der Waals surface area contributed by atoms with Crippen LogP contribution in [0.4, 0.5) is 0 Å². The molecular formula is C35H37N7S. The molecule has 5 aromatic rings. The molecule has 3 aromatic heterocycles. The van der Waals surface area contributed by atoms with Crippen LogP contribution in [0.2, 0.25) is 0 Å². The molecule has 0 aliphatic heterocycles. The maximum absolute atomic E-state index is 7.52. The summed E-state index contributed by atoms with van der Waals surface area (Å²) in [5.74, 6) is 0.521. The summed E-state index contributed by atoms with van der Waals surface area (Å²) >= 11 is 1.75. The van der Waals surface area contributed by atoms with Gasteiger partial charge in [0, 0.05) is 69.9 Å². The van der Waals surface area contributed by atoms with Gasteiger partial charge >= 0.3 is 0 Å². The van der Waals surface area contributed by atoms with E-state index in [9.17, 15) is 0 Å². The zero-order valence-electron chi connectivity index (χ0n) is 24.4. The highest BCUT2D eigenvalue weighted by Gasteiger charge is 2.10. The molecule has 43 heavy (non-hydrogen) atoms. The van der Waals surface area contributed by atoms with Crippen LogP contribution < -0.4 is 16.4 Å². The Hall–Kier alpha value is -4.82. The molecule has 218 valence electrons. The third kappa shape index (κ3) is 8.36. The van der Waals surface area contributed by atoms with Crippen LogP contribution in [0.1, 0.15) is 30.9 Å². The first-order chi connectivity index (χ1) is 20.9. The maximum atomic E-state index is 7.52. The fraction of sp³-hybridized carbons (Fsp3) is 0.200. The number of benzene rings is 2. The van der Waals surface area contributed by atoms with E-state index in [1.54, 1.807) is 18.3 Å². The van der Waals surface area contributed by atoms with E-state index in [0.29, 0.717) is 12.4 Å². The van der Waals surface area contributed by atoms with Gasteiger partial charge in [-0.1, -0.05) is 48.5 Å². The average molecular weight is 588 g/mol. The summed E-state index contributed by atoms with van der Waals surface area (Å²) in [4.78, 5) is 11.5. The first-order valence-corrected chi connectivity index (χ1v) is 15.3. The van der Waals surface area contributed by atoms with Crippen molar-refractivity contribution < 1.29 is 0 Å². The lowest BCUT2D eigenvalue weighted by Gasteiger charge is -2.08. The van der Waals surface area contributed by atoms with Gasteiger partial charge in [0.1, 0.15) is 0 Å². The van der Waals surface area contributed by atoms with Gasteiger partial charge in [-0.3, -0.25) is 20.8 Å². The van der Waals surface area contributed by atoms with Crippen molar-refractivity contribution in [3.05, 3.63) is 109 Å². The number of nitrogens with two attached hydrogens (primary N) is 1. The van der Waals surface area contributed by atoms with E-state index in [1.807, 2.05) is 24.8 Å². The Labute approximate surface area is 257 Å². The minimum atomic E-state index is 0.0122. The summed E-state index contributed by atoms with van der Waals surface area (Å²) in [5, 5.41) is 20.8. The maximum Gasteiger partial charge on any atom is 0.185 e. The molecule has 0 atom stereocenters. The van der Waals surface area contributed by atoms with Crippen molar-refractivity contribution in [2.75, 3.05) is 13.1 Å². The molecule has 3 heterocycles. The fourth-order valence-corrected chi connectivity index (χ4v) is 5.98. The van der Waals surface area contributed by atoms with Crippen molar-refractivity contribution in [2.24, 2.45) is 5.73 Å². The number of pyridine rings is 2. The van der Waals surface area contributed by atoms with E-state index in [2.05, 4.69) is 93.4 Å². The largest absolute Gasteiger partial charge is 0.374 e. The van der Waals surface area contributed by atoms with Crippen molar-refractivity contribution in [3.8, 4) is 43.1 Å². The van der Waals surface area contributed by atoms with Gasteiger partial charge in [0.05, 0.1) is 5.84 Å². The molecular weight excluding hydrogens is 551 g/mol. The topological polar surface area (TPSA) is 124 Å². The van der Waals surface area contributed by atoms with Gasteiger partial charge in [-0.25, -0.2) is 0 Å². The SMILES string of the molecule is CC(=N)NCCCc1cccc(-c2cncc(-c3ccc(-c4cncc(-c5cccc(CCCNC(=N)N)c5)c4)s3)c2)c1. The number of guanidine groups is 1. The Kier molecular flexibility index (Phi) is 9.92. The van der Waals surface area contributed by atoms with Crippen LogP contribution in [-0.2, 0) is 12.8 Å². The van der Waals surface area contributed by atoms with Crippen LogP contribution in [0.15, 0.2) is 97.6 Å². The summed E-state index contributed by atoms with van der Waals surface area (Å²) in [6, 6.07) is 26.0. The molecule has 0 saturated carbocycles. The highest BCUT2D eigenvalue weighted by Crippen LogP contribution is 2.36. The van der Waals surface area contributed by atoms with Crippen LogP contribution in [0.25, 0.3) is 43.1 Å². The van der Waals surface area contributed by atoms with Gasteiger partial charge in [0.15, 0.2) is 5.96 Å². The molecule has 7 nitrogen and oxygen atoms in total. The van der Waals surface area contributed by atoms with Crippen molar-refractivity contribution >= 4 is 23.1 Å². The zero-order chi connectivity index (χ0) is 30.0. The molecule has 2 aromatic carbocycles. The molecule has 0 unspecified atom stereocenters. The molecule has 0 saturated heterocycles. The minimum absolute atomic E-state index is 0.0122. The predicted molar refractivity (Wildman–Crippen MR) is 180 cm³/mol. The smallest absolute Gasteiger partial charge is 0.185 e. The van der Waals surface area contributed by atoms with Gasteiger partial charge in [0.2, 0.25) is 0 Å². The lowest BCUT2D eigenvalue weighted by Crippen LogP contribution is -2.31. The minimum Gasteiger partial charge on any atom is -0.374 e. The van der Waals surface area contributed by atoms with Gasteiger partial charge in [-0.15, -0.1) is 11.3 Å². The van der Waals surface area contributed by atoms with E-state index in [0.717, 1.165) is 70.5 Å². The summed E-state index contributed by atoms with van der Waals surface area (Å²) < 4.78 is 0. The van der Waals surface area contributed by atoms with E-state index < -0.39 is 0 Å². The van der Waals surface area contributed by atoms with E-state index in [1.165, 1.54) is 16.0 Å².